The minimum absolute atomic E-state index is 0.160. The van der Waals surface area contributed by atoms with Crippen molar-refractivity contribution in [3.8, 4) is 0 Å². The predicted molar refractivity (Wildman–Crippen MR) is 105 cm³/mol. The third-order valence-corrected chi connectivity index (χ3v) is 3.32. The highest BCUT2D eigenvalue weighted by atomic mass is 16.6. The molecular formula is C17H17N7O4. The smallest absolute Gasteiger partial charge is 0.279 e. The van der Waals surface area contributed by atoms with E-state index in [1.54, 1.807) is 24.3 Å². The fraction of sp³-hybridized carbons (Fsp3) is 0.0588. The number of carbonyl (C=O) groups excluding carboxylic acids is 2. The third-order valence-electron chi connectivity index (χ3n) is 3.32. The van der Waals surface area contributed by atoms with Crippen molar-refractivity contribution >= 4 is 46.1 Å². The Bertz CT molecular complexity index is 954. The Morgan fingerprint density at radius 1 is 1.07 bits per heavy atom. The molecule has 0 unspecified atom stereocenters. The average molecular weight is 383 g/mol. The number of hydrazone groups is 1. The van der Waals surface area contributed by atoms with E-state index in [4.69, 9.17) is 11.1 Å². The molecule has 2 rings (SSSR count). The van der Waals surface area contributed by atoms with Gasteiger partial charge in [0.05, 0.1) is 10.6 Å². The van der Waals surface area contributed by atoms with Crippen molar-refractivity contribution in [3.63, 3.8) is 0 Å². The molecular weight excluding hydrogens is 366 g/mol. The number of anilines is 3. The van der Waals surface area contributed by atoms with E-state index in [0.717, 1.165) is 0 Å². The van der Waals surface area contributed by atoms with Crippen molar-refractivity contribution in [1.82, 2.24) is 0 Å². The molecule has 2 aromatic carbocycles. The highest BCUT2D eigenvalue weighted by Crippen LogP contribution is 2.17. The van der Waals surface area contributed by atoms with Gasteiger partial charge in [0.2, 0.25) is 0 Å². The van der Waals surface area contributed by atoms with E-state index in [0.29, 0.717) is 11.4 Å². The number of carbonyl (C=O) groups is 2. The number of nitro groups is 1. The molecule has 144 valence electrons. The SMILES string of the molecule is CC(=O)/C(=N/Nc1ccc(NC(=N)N)cc1)C(=O)Nc1cccc([N+](=O)[O-])c1. The topological polar surface area (TPSA) is 176 Å². The molecule has 0 aliphatic heterocycles. The Balaban J connectivity index is 2.12. The van der Waals surface area contributed by atoms with Gasteiger partial charge in [0.25, 0.3) is 11.6 Å². The van der Waals surface area contributed by atoms with E-state index in [2.05, 4.69) is 21.2 Å². The van der Waals surface area contributed by atoms with Gasteiger partial charge in [-0.2, -0.15) is 5.10 Å². The molecule has 0 bridgehead atoms. The second-order valence-electron chi connectivity index (χ2n) is 5.51. The number of hydrogen-bond donors (Lipinski definition) is 5. The van der Waals surface area contributed by atoms with Crippen molar-refractivity contribution in [2.75, 3.05) is 16.1 Å². The molecule has 28 heavy (non-hydrogen) atoms. The van der Waals surface area contributed by atoms with Crippen molar-refractivity contribution < 1.29 is 14.5 Å². The van der Waals surface area contributed by atoms with E-state index in [1.807, 2.05) is 0 Å². The lowest BCUT2D eigenvalue weighted by Crippen LogP contribution is -2.29. The number of nitrogens with two attached hydrogens (primary N) is 1. The fourth-order valence-electron chi connectivity index (χ4n) is 2.08. The number of rotatable bonds is 7. The number of benzene rings is 2. The summed E-state index contributed by atoms with van der Waals surface area (Å²) < 4.78 is 0. The average Bonchev–Trinajstić information content (AvgIpc) is 2.62. The summed E-state index contributed by atoms with van der Waals surface area (Å²) in [4.78, 5) is 34.3. The van der Waals surface area contributed by atoms with Gasteiger partial charge in [-0.3, -0.25) is 30.5 Å². The van der Waals surface area contributed by atoms with E-state index in [9.17, 15) is 19.7 Å². The zero-order valence-corrected chi connectivity index (χ0v) is 14.7. The summed E-state index contributed by atoms with van der Waals surface area (Å²) in [5.41, 5.74) is 8.44. The molecule has 0 aliphatic rings. The van der Waals surface area contributed by atoms with E-state index >= 15 is 0 Å². The first-order valence-corrected chi connectivity index (χ1v) is 7.88. The van der Waals surface area contributed by atoms with Crippen LogP contribution in [0, 0.1) is 15.5 Å². The van der Waals surface area contributed by atoms with E-state index in [1.165, 1.54) is 31.2 Å². The minimum atomic E-state index is -0.810. The first-order valence-electron chi connectivity index (χ1n) is 7.88. The number of guanidine groups is 1. The standard InChI is InChI=1S/C17H17N7O4/c1-10(25)15(16(26)20-13-3-2-4-14(9-13)24(27)28)23-22-12-7-5-11(6-8-12)21-17(18)19/h2-9,22H,1H3,(H,20,26)(H4,18,19,21)/b23-15-. The Morgan fingerprint density at radius 3 is 2.29 bits per heavy atom. The van der Waals surface area contributed by atoms with Gasteiger partial charge < -0.3 is 16.4 Å². The first kappa shape index (κ1) is 20.0. The monoisotopic (exact) mass is 383 g/mol. The zero-order chi connectivity index (χ0) is 20.7. The first-order chi connectivity index (χ1) is 13.3. The van der Waals surface area contributed by atoms with Gasteiger partial charge in [0.1, 0.15) is 0 Å². The van der Waals surface area contributed by atoms with Crippen LogP contribution in [0.25, 0.3) is 0 Å². The summed E-state index contributed by atoms with van der Waals surface area (Å²) in [6, 6.07) is 11.8. The van der Waals surface area contributed by atoms with Crippen LogP contribution in [0.4, 0.5) is 22.7 Å². The van der Waals surface area contributed by atoms with Gasteiger partial charge in [-0.05, 0) is 30.3 Å². The Morgan fingerprint density at radius 2 is 1.71 bits per heavy atom. The van der Waals surface area contributed by atoms with E-state index in [-0.39, 0.29) is 17.3 Å². The molecule has 0 heterocycles. The molecule has 0 spiro atoms. The summed E-state index contributed by atoms with van der Waals surface area (Å²) in [5, 5.41) is 26.8. The third kappa shape index (κ3) is 5.62. The quantitative estimate of drug-likeness (QED) is 0.159. The number of nitro benzene ring substituents is 1. The van der Waals surface area contributed by atoms with Gasteiger partial charge >= 0.3 is 0 Å². The van der Waals surface area contributed by atoms with Crippen molar-refractivity contribution in [2.24, 2.45) is 10.8 Å². The minimum Gasteiger partial charge on any atom is -0.370 e. The largest absolute Gasteiger partial charge is 0.370 e. The van der Waals surface area contributed by atoms with Crippen LogP contribution in [0.5, 0.6) is 0 Å². The molecule has 0 fully saturated rings. The number of nitrogens with one attached hydrogen (secondary N) is 4. The van der Waals surface area contributed by atoms with Crippen molar-refractivity contribution in [1.29, 1.82) is 5.41 Å². The normalized spacial score (nSPS) is 10.7. The van der Waals surface area contributed by atoms with Gasteiger partial charge in [-0.15, -0.1) is 0 Å². The zero-order valence-electron chi connectivity index (χ0n) is 14.7. The predicted octanol–water partition coefficient (Wildman–Crippen LogP) is 1.90. The van der Waals surface area contributed by atoms with Crippen LogP contribution >= 0.6 is 0 Å². The number of hydrogen-bond acceptors (Lipinski definition) is 7. The van der Waals surface area contributed by atoms with Gasteiger partial charge in [-0.1, -0.05) is 6.07 Å². The molecule has 6 N–H and O–H groups in total. The Labute approximate surface area is 159 Å². The molecule has 0 aromatic heterocycles. The van der Waals surface area contributed by atoms with Crippen molar-refractivity contribution in [3.05, 3.63) is 58.6 Å². The van der Waals surface area contributed by atoms with Crippen LogP contribution in [-0.2, 0) is 9.59 Å². The van der Waals surface area contributed by atoms with Gasteiger partial charge in [-0.25, -0.2) is 0 Å². The second kappa shape index (κ2) is 8.89. The molecule has 11 heteroatoms. The number of nitrogens with zero attached hydrogens (tertiary/aromatic N) is 2. The lowest BCUT2D eigenvalue weighted by Gasteiger charge is -2.08. The van der Waals surface area contributed by atoms with Gasteiger partial charge in [0, 0.05) is 30.4 Å². The Kier molecular flexibility index (Phi) is 6.36. The molecule has 1 amide bonds. The number of non-ortho nitro benzene ring substituents is 1. The lowest BCUT2D eigenvalue weighted by atomic mass is 10.2. The van der Waals surface area contributed by atoms with Crippen LogP contribution < -0.4 is 21.8 Å². The highest BCUT2D eigenvalue weighted by Gasteiger charge is 2.18. The summed E-state index contributed by atoms with van der Waals surface area (Å²) in [5.74, 6) is -1.61. The number of amides is 1. The molecule has 0 saturated carbocycles. The highest BCUT2D eigenvalue weighted by molar-refractivity contribution is 6.67. The maximum atomic E-state index is 12.3. The molecule has 2 aromatic rings. The lowest BCUT2D eigenvalue weighted by molar-refractivity contribution is -0.384. The Hall–Kier alpha value is -4.28. The van der Waals surface area contributed by atoms with Crippen molar-refractivity contribution in [2.45, 2.75) is 6.92 Å². The summed E-state index contributed by atoms with van der Waals surface area (Å²) in [7, 11) is 0. The van der Waals surface area contributed by atoms with Crippen LogP contribution in [0.1, 0.15) is 6.92 Å². The molecule has 0 radical (unpaired) electrons. The summed E-state index contributed by atoms with van der Waals surface area (Å²) in [6.07, 6.45) is 0. The maximum Gasteiger partial charge on any atom is 0.279 e. The summed E-state index contributed by atoms with van der Waals surface area (Å²) >= 11 is 0. The number of Topliss-reactive ketones (excluding diaryl/α,β-unsaturated/α-hetero) is 1. The van der Waals surface area contributed by atoms with Crippen LogP contribution in [-0.4, -0.2) is 28.3 Å². The molecule has 11 nitrogen and oxygen atoms in total. The van der Waals surface area contributed by atoms with Crippen LogP contribution in [0.3, 0.4) is 0 Å². The van der Waals surface area contributed by atoms with Crippen LogP contribution in [0.2, 0.25) is 0 Å². The fourth-order valence-corrected chi connectivity index (χ4v) is 2.08. The number of ketones is 1. The van der Waals surface area contributed by atoms with Gasteiger partial charge in [0.15, 0.2) is 17.5 Å². The van der Waals surface area contributed by atoms with E-state index < -0.39 is 22.3 Å². The van der Waals surface area contributed by atoms with Crippen LogP contribution in [0.15, 0.2) is 53.6 Å². The second-order valence-corrected chi connectivity index (χ2v) is 5.51. The maximum absolute atomic E-state index is 12.3. The molecule has 0 saturated heterocycles. The molecule has 0 atom stereocenters. The summed E-state index contributed by atoms with van der Waals surface area (Å²) in [6.45, 7) is 1.17. The molecule has 0 aliphatic carbocycles.